The van der Waals surface area contributed by atoms with Gasteiger partial charge in [0.1, 0.15) is 5.75 Å². The van der Waals surface area contributed by atoms with Crippen molar-refractivity contribution in [3.8, 4) is 5.75 Å². The molecule has 86 valence electrons. The lowest BCUT2D eigenvalue weighted by atomic mass is 10.3. The Morgan fingerprint density at radius 1 is 1.31 bits per heavy atom. The van der Waals surface area contributed by atoms with Gasteiger partial charge in [-0.1, -0.05) is 12.1 Å². The highest BCUT2D eigenvalue weighted by Gasteiger charge is 2.16. The summed E-state index contributed by atoms with van der Waals surface area (Å²) in [7, 11) is 1.48. The quantitative estimate of drug-likeness (QED) is 0.617. The van der Waals surface area contributed by atoms with Crippen LogP contribution in [-0.4, -0.2) is 25.6 Å². The molecule has 16 heavy (non-hydrogen) atoms. The summed E-state index contributed by atoms with van der Waals surface area (Å²) in [5.41, 5.74) is 0.433. The number of carbonyl (C=O) groups is 2. The van der Waals surface area contributed by atoms with E-state index in [-0.39, 0.29) is 6.61 Å². The lowest BCUT2D eigenvalue weighted by Crippen LogP contribution is -2.25. The molecule has 0 saturated carbocycles. The predicted molar refractivity (Wildman–Crippen MR) is 58.3 cm³/mol. The van der Waals surface area contributed by atoms with Crippen LogP contribution in [0.5, 0.6) is 5.75 Å². The lowest BCUT2D eigenvalue weighted by Gasteiger charge is -2.08. The number of methoxy groups -OCH3 is 1. The Bertz CT molecular complexity index is 389. The Morgan fingerprint density at radius 2 is 2.00 bits per heavy atom. The first kappa shape index (κ1) is 12.0. The number of hydrogen-bond donors (Lipinski definition) is 1. The SMILES string of the molecule is CCOC(=O)C(=O)Nc1ccccc1OC. The molecule has 1 aromatic carbocycles. The molecule has 0 atom stereocenters. The van der Waals surface area contributed by atoms with Gasteiger partial charge in [-0.3, -0.25) is 4.79 Å². The molecule has 0 aliphatic carbocycles. The van der Waals surface area contributed by atoms with Crippen LogP contribution < -0.4 is 10.1 Å². The van der Waals surface area contributed by atoms with Gasteiger partial charge in [-0.15, -0.1) is 0 Å². The minimum absolute atomic E-state index is 0.165. The van der Waals surface area contributed by atoms with E-state index in [0.29, 0.717) is 11.4 Å². The van der Waals surface area contributed by atoms with Crippen molar-refractivity contribution in [2.24, 2.45) is 0 Å². The normalized spacial score (nSPS) is 9.38. The van der Waals surface area contributed by atoms with Crippen LogP contribution in [0.25, 0.3) is 0 Å². The number of carbonyl (C=O) groups excluding carboxylic acids is 2. The highest BCUT2D eigenvalue weighted by molar-refractivity contribution is 6.37. The summed E-state index contributed by atoms with van der Waals surface area (Å²) < 4.78 is 9.58. The van der Waals surface area contributed by atoms with Crippen LogP contribution in [0.3, 0.4) is 0 Å². The van der Waals surface area contributed by atoms with Gasteiger partial charge in [-0.05, 0) is 19.1 Å². The van der Waals surface area contributed by atoms with Crippen LogP contribution in [0.15, 0.2) is 24.3 Å². The fourth-order valence-electron chi connectivity index (χ4n) is 1.12. The highest BCUT2D eigenvalue weighted by Crippen LogP contribution is 2.22. The van der Waals surface area contributed by atoms with Crippen molar-refractivity contribution in [3.63, 3.8) is 0 Å². The molecule has 0 aliphatic rings. The van der Waals surface area contributed by atoms with Gasteiger partial charge in [0.05, 0.1) is 19.4 Å². The van der Waals surface area contributed by atoms with Crippen molar-refractivity contribution in [1.29, 1.82) is 0 Å². The van der Waals surface area contributed by atoms with Gasteiger partial charge >= 0.3 is 11.9 Å². The maximum absolute atomic E-state index is 11.3. The van der Waals surface area contributed by atoms with Crippen molar-refractivity contribution in [1.82, 2.24) is 0 Å². The first-order chi connectivity index (χ1) is 7.69. The summed E-state index contributed by atoms with van der Waals surface area (Å²) in [5, 5.41) is 2.41. The Hall–Kier alpha value is -2.04. The molecular weight excluding hydrogens is 210 g/mol. The summed E-state index contributed by atoms with van der Waals surface area (Å²) >= 11 is 0. The van der Waals surface area contributed by atoms with Crippen LogP contribution in [-0.2, 0) is 14.3 Å². The molecule has 5 heteroatoms. The maximum Gasteiger partial charge on any atom is 0.397 e. The Labute approximate surface area is 93.4 Å². The number of amides is 1. The second-order valence-corrected chi connectivity index (χ2v) is 2.87. The molecule has 0 spiro atoms. The number of benzene rings is 1. The number of rotatable bonds is 3. The highest BCUT2D eigenvalue weighted by atomic mass is 16.5. The molecule has 1 aromatic rings. The van der Waals surface area contributed by atoms with E-state index in [1.54, 1.807) is 31.2 Å². The number of nitrogens with one attached hydrogen (secondary N) is 1. The van der Waals surface area contributed by atoms with Crippen molar-refractivity contribution in [2.75, 3.05) is 19.0 Å². The zero-order valence-corrected chi connectivity index (χ0v) is 9.15. The molecule has 0 aliphatic heterocycles. The van der Waals surface area contributed by atoms with Gasteiger partial charge in [-0.25, -0.2) is 4.79 Å². The number of anilines is 1. The second-order valence-electron chi connectivity index (χ2n) is 2.87. The summed E-state index contributed by atoms with van der Waals surface area (Å²) in [4.78, 5) is 22.4. The third-order valence-electron chi connectivity index (χ3n) is 1.82. The van der Waals surface area contributed by atoms with E-state index in [4.69, 9.17) is 4.74 Å². The average molecular weight is 223 g/mol. The van der Waals surface area contributed by atoms with Crippen LogP contribution in [0.2, 0.25) is 0 Å². The van der Waals surface area contributed by atoms with E-state index < -0.39 is 11.9 Å². The number of ether oxygens (including phenoxy) is 2. The van der Waals surface area contributed by atoms with Crippen molar-refractivity contribution >= 4 is 17.6 Å². The number of esters is 1. The molecule has 0 unspecified atom stereocenters. The largest absolute Gasteiger partial charge is 0.495 e. The summed E-state index contributed by atoms with van der Waals surface area (Å²) in [6.45, 7) is 1.80. The summed E-state index contributed by atoms with van der Waals surface area (Å²) in [5.74, 6) is -1.24. The molecule has 1 amide bonds. The van der Waals surface area contributed by atoms with E-state index in [0.717, 1.165) is 0 Å². The van der Waals surface area contributed by atoms with Gasteiger partial charge in [-0.2, -0.15) is 0 Å². The van der Waals surface area contributed by atoms with Gasteiger partial charge in [0.25, 0.3) is 0 Å². The monoisotopic (exact) mass is 223 g/mol. The smallest absolute Gasteiger partial charge is 0.397 e. The standard InChI is InChI=1S/C11H13NO4/c1-3-16-11(14)10(13)12-8-6-4-5-7-9(8)15-2/h4-7H,3H2,1-2H3,(H,12,13). The van der Waals surface area contributed by atoms with Crippen LogP contribution in [0.1, 0.15) is 6.92 Å². The Kier molecular flexibility index (Phi) is 4.32. The summed E-state index contributed by atoms with van der Waals surface area (Å²) in [6.07, 6.45) is 0. The minimum atomic E-state index is -0.909. The Morgan fingerprint density at radius 3 is 2.62 bits per heavy atom. The fraction of sp³-hybridized carbons (Fsp3) is 0.273. The molecule has 0 fully saturated rings. The number of hydrogen-bond acceptors (Lipinski definition) is 4. The molecule has 1 N–H and O–H groups in total. The van der Waals surface area contributed by atoms with E-state index >= 15 is 0 Å². The van der Waals surface area contributed by atoms with Gasteiger partial charge in [0.2, 0.25) is 0 Å². The molecule has 0 bridgehead atoms. The molecule has 1 rings (SSSR count). The zero-order valence-electron chi connectivity index (χ0n) is 9.15. The molecule has 0 radical (unpaired) electrons. The molecule has 0 heterocycles. The predicted octanol–water partition coefficient (Wildman–Crippen LogP) is 1.20. The molecule has 0 saturated heterocycles. The molecule has 0 aromatic heterocycles. The molecular formula is C11H13NO4. The lowest BCUT2D eigenvalue weighted by molar-refractivity contribution is -0.152. The van der Waals surface area contributed by atoms with Gasteiger partial charge in [0.15, 0.2) is 0 Å². The van der Waals surface area contributed by atoms with Gasteiger partial charge < -0.3 is 14.8 Å². The topological polar surface area (TPSA) is 64.6 Å². The van der Waals surface area contributed by atoms with Crippen molar-refractivity contribution < 1.29 is 19.1 Å². The van der Waals surface area contributed by atoms with Crippen LogP contribution in [0.4, 0.5) is 5.69 Å². The summed E-state index contributed by atoms with van der Waals surface area (Å²) in [6, 6.07) is 6.80. The van der Waals surface area contributed by atoms with Crippen LogP contribution >= 0.6 is 0 Å². The second kappa shape index (κ2) is 5.75. The van der Waals surface area contributed by atoms with E-state index in [1.807, 2.05) is 0 Å². The fourth-order valence-corrected chi connectivity index (χ4v) is 1.12. The maximum atomic E-state index is 11.3. The third-order valence-corrected chi connectivity index (χ3v) is 1.82. The first-order valence-corrected chi connectivity index (χ1v) is 4.80. The Balaban J connectivity index is 2.73. The van der Waals surface area contributed by atoms with E-state index in [2.05, 4.69) is 10.1 Å². The zero-order chi connectivity index (χ0) is 12.0. The number of para-hydroxylation sites is 2. The van der Waals surface area contributed by atoms with Crippen molar-refractivity contribution in [2.45, 2.75) is 6.92 Å². The third kappa shape index (κ3) is 2.98. The van der Waals surface area contributed by atoms with Gasteiger partial charge in [0, 0.05) is 0 Å². The van der Waals surface area contributed by atoms with E-state index in [1.165, 1.54) is 7.11 Å². The van der Waals surface area contributed by atoms with Crippen LogP contribution in [0, 0.1) is 0 Å². The first-order valence-electron chi connectivity index (χ1n) is 4.80. The molecule has 5 nitrogen and oxygen atoms in total. The average Bonchev–Trinajstić information content (AvgIpc) is 2.30. The van der Waals surface area contributed by atoms with E-state index in [9.17, 15) is 9.59 Å². The minimum Gasteiger partial charge on any atom is -0.495 e. The van der Waals surface area contributed by atoms with Crippen molar-refractivity contribution in [3.05, 3.63) is 24.3 Å².